The van der Waals surface area contributed by atoms with Gasteiger partial charge in [0.1, 0.15) is 11.6 Å². The molecule has 1 N–H and O–H groups in total. The van der Waals surface area contributed by atoms with Gasteiger partial charge in [-0.15, -0.1) is 0 Å². The van der Waals surface area contributed by atoms with Gasteiger partial charge in [0.25, 0.3) is 5.91 Å². The van der Waals surface area contributed by atoms with Gasteiger partial charge in [0.05, 0.1) is 13.2 Å². The van der Waals surface area contributed by atoms with E-state index in [9.17, 15) is 4.79 Å². The summed E-state index contributed by atoms with van der Waals surface area (Å²) in [5.41, 5.74) is 1.42. The lowest BCUT2D eigenvalue weighted by Crippen LogP contribution is -2.24. The van der Waals surface area contributed by atoms with Gasteiger partial charge in [-0.1, -0.05) is 24.3 Å². The summed E-state index contributed by atoms with van der Waals surface area (Å²) >= 11 is 0. The summed E-state index contributed by atoms with van der Waals surface area (Å²) < 4.78 is 12.8. The fourth-order valence-electron chi connectivity index (χ4n) is 3.21. The van der Waals surface area contributed by atoms with Crippen molar-refractivity contribution in [3.8, 4) is 11.6 Å². The summed E-state index contributed by atoms with van der Waals surface area (Å²) in [4.78, 5) is 23.7. The minimum absolute atomic E-state index is 0.312. The molecule has 0 radical (unpaired) electrons. The molecule has 9 heteroatoms. The molecule has 0 atom stereocenters. The van der Waals surface area contributed by atoms with Gasteiger partial charge < -0.3 is 19.7 Å². The van der Waals surface area contributed by atoms with Gasteiger partial charge in [-0.3, -0.25) is 14.5 Å². The van der Waals surface area contributed by atoms with Crippen molar-refractivity contribution in [3.63, 3.8) is 0 Å². The van der Waals surface area contributed by atoms with E-state index in [0.717, 1.165) is 5.56 Å². The molecule has 0 fully saturated rings. The number of methoxy groups -OCH3 is 1. The first-order valence-electron chi connectivity index (χ1n) is 10.8. The zero-order valence-electron chi connectivity index (χ0n) is 19.1. The van der Waals surface area contributed by atoms with Crippen LogP contribution in [0.25, 0.3) is 0 Å². The van der Waals surface area contributed by atoms with Crippen molar-refractivity contribution in [3.05, 3.63) is 90.4 Å². The number of hydrogen-bond donors (Lipinski definition) is 1. The van der Waals surface area contributed by atoms with E-state index in [1.165, 1.54) is 0 Å². The van der Waals surface area contributed by atoms with Crippen LogP contribution in [0.15, 0.2) is 79.3 Å². The second-order valence-corrected chi connectivity index (χ2v) is 7.60. The lowest BCUT2D eigenvalue weighted by Gasteiger charge is -2.19. The Kier molecular flexibility index (Phi) is 7.46. The average molecular weight is 459 g/mol. The quantitative estimate of drug-likeness (QED) is 0.386. The second-order valence-electron chi connectivity index (χ2n) is 7.60. The number of carbonyl (C=O) groups is 1. The van der Waals surface area contributed by atoms with Crippen LogP contribution in [0.2, 0.25) is 0 Å². The first-order chi connectivity index (χ1) is 16.6. The molecule has 1 amide bonds. The summed E-state index contributed by atoms with van der Waals surface area (Å²) in [6, 6.07) is 18.2. The number of para-hydroxylation sites is 1. The number of nitrogens with one attached hydrogen (secondary N) is 1. The van der Waals surface area contributed by atoms with Crippen LogP contribution in [0.4, 0.5) is 11.6 Å². The molecule has 0 aliphatic heterocycles. The number of nitrogens with zero attached hydrogens (tertiary/aromatic N) is 5. The van der Waals surface area contributed by atoms with Crippen molar-refractivity contribution in [1.29, 1.82) is 0 Å². The van der Waals surface area contributed by atoms with Gasteiger partial charge in [0.2, 0.25) is 5.88 Å². The van der Waals surface area contributed by atoms with Gasteiger partial charge in [-0.05, 0) is 29.8 Å². The minimum atomic E-state index is -0.312. The third-order valence-corrected chi connectivity index (χ3v) is 4.99. The molecular formula is C25H26N6O3. The predicted molar refractivity (Wildman–Crippen MR) is 129 cm³/mol. The zero-order valence-corrected chi connectivity index (χ0v) is 19.1. The molecule has 0 unspecified atom stereocenters. The highest BCUT2D eigenvalue weighted by molar-refractivity contribution is 6.04. The normalized spacial score (nSPS) is 10.6. The van der Waals surface area contributed by atoms with Gasteiger partial charge in [-0.2, -0.15) is 10.1 Å². The van der Waals surface area contributed by atoms with Gasteiger partial charge in [0, 0.05) is 57.0 Å². The monoisotopic (exact) mass is 458 g/mol. The number of carbonyl (C=O) groups excluding carboxylic acids is 1. The Labute approximate surface area is 198 Å². The summed E-state index contributed by atoms with van der Waals surface area (Å²) in [5.74, 6) is 1.68. The number of aromatic nitrogens is 4. The Morgan fingerprint density at radius 2 is 1.97 bits per heavy atom. The molecule has 3 heterocycles. The van der Waals surface area contributed by atoms with E-state index in [4.69, 9.17) is 9.47 Å². The molecule has 0 bridgehead atoms. The van der Waals surface area contributed by atoms with E-state index < -0.39 is 0 Å². The number of benzene rings is 1. The van der Waals surface area contributed by atoms with Crippen LogP contribution in [-0.2, 0) is 11.3 Å². The van der Waals surface area contributed by atoms with Crippen LogP contribution >= 0.6 is 0 Å². The largest absolute Gasteiger partial charge is 0.439 e. The highest BCUT2D eigenvalue weighted by atomic mass is 16.5. The van der Waals surface area contributed by atoms with Crippen molar-refractivity contribution >= 4 is 17.5 Å². The van der Waals surface area contributed by atoms with Crippen molar-refractivity contribution in [2.75, 3.05) is 37.5 Å². The van der Waals surface area contributed by atoms with E-state index in [-0.39, 0.29) is 5.91 Å². The summed E-state index contributed by atoms with van der Waals surface area (Å²) in [7, 11) is 3.53. The smallest absolute Gasteiger partial charge is 0.257 e. The fourth-order valence-corrected chi connectivity index (χ4v) is 3.21. The van der Waals surface area contributed by atoms with E-state index >= 15 is 0 Å². The Bertz CT molecular complexity index is 1210. The van der Waals surface area contributed by atoms with Gasteiger partial charge in [0.15, 0.2) is 5.82 Å². The maximum absolute atomic E-state index is 13.1. The highest BCUT2D eigenvalue weighted by Gasteiger charge is 2.15. The molecule has 34 heavy (non-hydrogen) atoms. The lowest BCUT2D eigenvalue weighted by molar-refractivity contribution is 0.102. The SMILES string of the molecule is COCCN(C)c1cc(C(=O)Nc2ccn(Cc3cccnc3)n2)cc(Oc2ccccc2)n1. The molecule has 0 saturated heterocycles. The molecule has 4 rings (SSSR count). The first kappa shape index (κ1) is 22.9. The molecule has 9 nitrogen and oxygen atoms in total. The number of hydrogen-bond acceptors (Lipinski definition) is 7. The maximum Gasteiger partial charge on any atom is 0.257 e. The van der Waals surface area contributed by atoms with Crippen LogP contribution in [0.5, 0.6) is 11.6 Å². The number of rotatable bonds is 10. The van der Waals surface area contributed by atoms with Gasteiger partial charge in [-0.25, -0.2) is 0 Å². The predicted octanol–water partition coefficient (Wildman–Crippen LogP) is 3.85. The Morgan fingerprint density at radius 1 is 1.12 bits per heavy atom. The second kappa shape index (κ2) is 11.1. The van der Waals surface area contributed by atoms with Crippen LogP contribution in [0.3, 0.4) is 0 Å². The van der Waals surface area contributed by atoms with E-state index in [2.05, 4.69) is 20.4 Å². The standard InChI is InChI=1S/C25H26N6O3/c1-30(13-14-33-2)23-15-20(16-24(28-23)34-21-8-4-3-5-9-21)25(32)27-22-10-12-31(29-22)18-19-7-6-11-26-17-19/h3-12,15-17H,13-14,18H2,1-2H3,(H,27,29,32). The van der Waals surface area contributed by atoms with Gasteiger partial charge >= 0.3 is 0 Å². The fraction of sp³-hybridized carbons (Fsp3) is 0.200. The van der Waals surface area contributed by atoms with Crippen LogP contribution < -0.4 is 15.0 Å². The summed E-state index contributed by atoms with van der Waals surface area (Å²) in [5, 5.41) is 7.29. The molecule has 1 aromatic carbocycles. The first-order valence-corrected chi connectivity index (χ1v) is 10.8. The van der Waals surface area contributed by atoms with Crippen molar-refractivity contribution in [2.45, 2.75) is 6.54 Å². The molecule has 0 spiro atoms. The Morgan fingerprint density at radius 3 is 2.74 bits per heavy atom. The molecular weight excluding hydrogens is 432 g/mol. The number of ether oxygens (including phenoxy) is 2. The van der Waals surface area contributed by atoms with Crippen LogP contribution in [-0.4, -0.2) is 53.0 Å². The topological polar surface area (TPSA) is 94.4 Å². The third-order valence-electron chi connectivity index (χ3n) is 4.99. The van der Waals surface area contributed by atoms with E-state index in [1.807, 2.05) is 60.6 Å². The summed E-state index contributed by atoms with van der Waals surface area (Å²) in [6.07, 6.45) is 5.32. The highest BCUT2D eigenvalue weighted by Crippen LogP contribution is 2.24. The molecule has 0 saturated carbocycles. The van der Waals surface area contributed by atoms with Crippen molar-refractivity contribution in [1.82, 2.24) is 19.7 Å². The lowest BCUT2D eigenvalue weighted by atomic mass is 10.2. The number of amides is 1. The minimum Gasteiger partial charge on any atom is -0.439 e. The Hall–Kier alpha value is -4.24. The Balaban J connectivity index is 1.53. The average Bonchev–Trinajstić information content (AvgIpc) is 3.30. The number of anilines is 2. The third kappa shape index (κ3) is 6.17. The van der Waals surface area contributed by atoms with E-state index in [0.29, 0.717) is 48.5 Å². The maximum atomic E-state index is 13.1. The molecule has 0 aliphatic rings. The van der Waals surface area contributed by atoms with E-state index in [1.54, 1.807) is 42.4 Å². The molecule has 3 aromatic heterocycles. The molecule has 174 valence electrons. The van der Waals surface area contributed by atoms with Crippen LogP contribution in [0, 0.1) is 0 Å². The van der Waals surface area contributed by atoms with Crippen LogP contribution in [0.1, 0.15) is 15.9 Å². The van der Waals surface area contributed by atoms with Crippen molar-refractivity contribution < 1.29 is 14.3 Å². The number of likely N-dealkylation sites (N-methyl/N-ethyl adjacent to an activating group) is 1. The summed E-state index contributed by atoms with van der Waals surface area (Å²) in [6.45, 7) is 1.69. The number of pyridine rings is 2. The molecule has 4 aromatic rings. The van der Waals surface area contributed by atoms with Crippen molar-refractivity contribution in [2.24, 2.45) is 0 Å². The molecule has 0 aliphatic carbocycles. The zero-order chi connectivity index (χ0) is 23.8.